The summed E-state index contributed by atoms with van der Waals surface area (Å²) >= 11 is 0. The molecule has 3 atom stereocenters. The van der Waals surface area contributed by atoms with Crippen molar-refractivity contribution in [2.24, 2.45) is 13.0 Å². The van der Waals surface area contributed by atoms with E-state index in [0.29, 0.717) is 5.92 Å². The van der Waals surface area contributed by atoms with Gasteiger partial charge in [-0.05, 0) is 38.6 Å². The van der Waals surface area contributed by atoms with Gasteiger partial charge in [-0.2, -0.15) is 5.10 Å². The molecule has 0 saturated carbocycles. The van der Waals surface area contributed by atoms with Crippen LogP contribution in [0.4, 0.5) is 5.82 Å². The molecular weight excluding hydrogens is 268 g/mol. The SMILES string of the molecule is CC(O)C1CCN(C2CCCN(c3ccn(C)n3)C2=O)C1. The smallest absolute Gasteiger partial charge is 0.245 e. The fourth-order valence-electron chi connectivity index (χ4n) is 3.46. The maximum atomic E-state index is 12.8. The lowest BCUT2D eigenvalue weighted by molar-refractivity contribution is -0.125. The number of aromatic nitrogens is 2. The van der Waals surface area contributed by atoms with Crippen molar-refractivity contribution in [3.8, 4) is 0 Å². The minimum atomic E-state index is -0.291. The maximum absolute atomic E-state index is 12.8. The topological polar surface area (TPSA) is 61.6 Å². The van der Waals surface area contributed by atoms with Crippen LogP contribution in [0.25, 0.3) is 0 Å². The van der Waals surface area contributed by atoms with Crippen LogP contribution in [0.1, 0.15) is 26.2 Å². The summed E-state index contributed by atoms with van der Waals surface area (Å²) in [5.41, 5.74) is 0. The Kier molecular flexibility index (Phi) is 3.99. The molecule has 2 aliphatic rings. The van der Waals surface area contributed by atoms with Gasteiger partial charge in [0.25, 0.3) is 0 Å². The van der Waals surface area contributed by atoms with Gasteiger partial charge in [-0.1, -0.05) is 0 Å². The summed E-state index contributed by atoms with van der Waals surface area (Å²) in [5.74, 6) is 1.20. The number of hydrogen-bond acceptors (Lipinski definition) is 4. The van der Waals surface area contributed by atoms with E-state index in [4.69, 9.17) is 0 Å². The van der Waals surface area contributed by atoms with Gasteiger partial charge in [0.2, 0.25) is 5.91 Å². The van der Waals surface area contributed by atoms with E-state index in [1.165, 1.54) is 0 Å². The summed E-state index contributed by atoms with van der Waals surface area (Å²) in [6.07, 6.45) is 4.47. The van der Waals surface area contributed by atoms with Crippen molar-refractivity contribution in [1.29, 1.82) is 0 Å². The Hall–Kier alpha value is -1.40. The second-order valence-corrected chi connectivity index (χ2v) is 6.28. The zero-order valence-electron chi connectivity index (χ0n) is 12.8. The highest BCUT2D eigenvalue weighted by Crippen LogP contribution is 2.28. The second kappa shape index (κ2) is 5.77. The summed E-state index contributed by atoms with van der Waals surface area (Å²) in [6.45, 7) is 4.32. The first-order chi connectivity index (χ1) is 10.1. The molecule has 6 heteroatoms. The van der Waals surface area contributed by atoms with E-state index in [2.05, 4.69) is 10.00 Å². The molecule has 0 radical (unpaired) electrons. The summed E-state index contributed by atoms with van der Waals surface area (Å²) < 4.78 is 1.73. The number of amides is 1. The molecule has 3 heterocycles. The lowest BCUT2D eigenvalue weighted by atomic mass is 10.0. The van der Waals surface area contributed by atoms with Crippen LogP contribution < -0.4 is 4.90 Å². The molecule has 0 aromatic carbocycles. The molecule has 6 nitrogen and oxygen atoms in total. The third-order valence-corrected chi connectivity index (χ3v) is 4.77. The van der Waals surface area contributed by atoms with Crippen LogP contribution in [-0.4, -0.2) is 57.5 Å². The zero-order chi connectivity index (χ0) is 15.0. The zero-order valence-corrected chi connectivity index (χ0v) is 12.8. The summed E-state index contributed by atoms with van der Waals surface area (Å²) in [6, 6.07) is 1.84. The van der Waals surface area contributed by atoms with Crippen molar-refractivity contribution in [3.05, 3.63) is 12.3 Å². The lowest BCUT2D eigenvalue weighted by Crippen LogP contribution is -2.52. The first kappa shape index (κ1) is 14.5. The van der Waals surface area contributed by atoms with Gasteiger partial charge in [0.15, 0.2) is 5.82 Å². The van der Waals surface area contributed by atoms with E-state index in [1.54, 1.807) is 4.68 Å². The number of aliphatic hydroxyl groups is 1. The van der Waals surface area contributed by atoms with Crippen molar-refractivity contribution in [2.45, 2.75) is 38.3 Å². The summed E-state index contributed by atoms with van der Waals surface area (Å²) in [7, 11) is 1.86. The molecule has 1 aromatic heterocycles. The molecule has 2 saturated heterocycles. The fraction of sp³-hybridized carbons (Fsp3) is 0.733. The number of rotatable bonds is 3. The van der Waals surface area contributed by atoms with Crippen LogP contribution in [-0.2, 0) is 11.8 Å². The molecule has 1 amide bonds. The Balaban J connectivity index is 1.71. The van der Waals surface area contributed by atoms with Gasteiger partial charge in [0.05, 0.1) is 12.1 Å². The van der Waals surface area contributed by atoms with E-state index in [9.17, 15) is 9.90 Å². The first-order valence-corrected chi connectivity index (χ1v) is 7.79. The maximum Gasteiger partial charge on any atom is 0.245 e. The third-order valence-electron chi connectivity index (χ3n) is 4.77. The van der Waals surface area contributed by atoms with Gasteiger partial charge in [-0.25, -0.2) is 0 Å². The molecule has 2 aliphatic heterocycles. The van der Waals surface area contributed by atoms with Crippen LogP contribution in [0.2, 0.25) is 0 Å². The molecular formula is C15H24N4O2. The first-order valence-electron chi connectivity index (χ1n) is 7.79. The van der Waals surface area contributed by atoms with Crippen molar-refractivity contribution in [2.75, 3.05) is 24.5 Å². The Labute approximate surface area is 125 Å². The average molecular weight is 292 g/mol. The van der Waals surface area contributed by atoms with Crippen LogP contribution in [0, 0.1) is 5.92 Å². The normalized spacial score (nSPS) is 29.1. The summed E-state index contributed by atoms with van der Waals surface area (Å²) in [5, 5.41) is 14.1. The Morgan fingerprint density at radius 3 is 2.81 bits per heavy atom. The molecule has 21 heavy (non-hydrogen) atoms. The predicted octanol–water partition coefficient (Wildman–Crippen LogP) is 0.618. The number of carbonyl (C=O) groups is 1. The highest BCUT2D eigenvalue weighted by atomic mass is 16.3. The molecule has 116 valence electrons. The van der Waals surface area contributed by atoms with Gasteiger partial charge in [-0.15, -0.1) is 0 Å². The van der Waals surface area contributed by atoms with Crippen LogP contribution in [0.3, 0.4) is 0 Å². The number of nitrogens with zero attached hydrogens (tertiary/aromatic N) is 4. The van der Waals surface area contributed by atoms with Gasteiger partial charge >= 0.3 is 0 Å². The summed E-state index contributed by atoms with van der Waals surface area (Å²) in [4.78, 5) is 16.8. The Morgan fingerprint density at radius 1 is 1.38 bits per heavy atom. The molecule has 3 unspecified atom stereocenters. The van der Waals surface area contributed by atoms with Crippen LogP contribution in [0.15, 0.2) is 12.3 Å². The number of hydrogen-bond donors (Lipinski definition) is 1. The van der Waals surface area contributed by atoms with Gasteiger partial charge in [0.1, 0.15) is 0 Å². The molecule has 2 fully saturated rings. The second-order valence-electron chi connectivity index (χ2n) is 6.28. The van der Waals surface area contributed by atoms with Crippen LogP contribution >= 0.6 is 0 Å². The minimum absolute atomic E-state index is 0.0514. The molecule has 1 aromatic rings. The number of aliphatic hydroxyl groups excluding tert-OH is 1. The predicted molar refractivity (Wildman–Crippen MR) is 79.9 cm³/mol. The number of aryl methyl sites for hydroxylation is 1. The molecule has 1 N–H and O–H groups in total. The van der Waals surface area contributed by atoms with Crippen LogP contribution in [0.5, 0.6) is 0 Å². The van der Waals surface area contributed by atoms with Gasteiger partial charge in [0, 0.05) is 32.4 Å². The highest BCUT2D eigenvalue weighted by Gasteiger charge is 2.38. The van der Waals surface area contributed by atoms with Gasteiger partial charge < -0.3 is 5.11 Å². The number of likely N-dealkylation sites (tertiary alicyclic amines) is 1. The average Bonchev–Trinajstić information content (AvgIpc) is 3.08. The number of anilines is 1. The van der Waals surface area contributed by atoms with E-state index in [-0.39, 0.29) is 18.1 Å². The Morgan fingerprint density at radius 2 is 2.19 bits per heavy atom. The highest BCUT2D eigenvalue weighted by molar-refractivity contribution is 5.97. The van der Waals surface area contributed by atoms with E-state index < -0.39 is 0 Å². The monoisotopic (exact) mass is 292 g/mol. The molecule has 0 aliphatic carbocycles. The number of carbonyl (C=O) groups excluding carboxylic acids is 1. The largest absolute Gasteiger partial charge is 0.393 e. The van der Waals surface area contributed by atoms with Crippen molar-refractivity contribution >= 4 is 11.7 Å². The van der Waals surface area contributed by atoms with Crippen molar-refractivity contribution in [1.82, 2.24) is 14.7 Å². The fourth-order valence-corrected chi connectivity index (χ4v) is 3.46. The minimum Gasteiger partial charge on any atom is -0.393 e. The van der Waals surface area contributed by atoms with E-state index in [0.717, 1.165) is 44.7 Å². The molecule has 3 rings (SSSR count). The third kappa shape index (κ3) is 2.82. The standard InChI is InChI=1S/C15H24N4O2/c1-11(20)12-5-9-18(10-12)13-4-3-7-19(15(13)21)14-6-8-17(2)16-14/h6,8,11-13,20H,3-5,7,9-10H2,1-2H3. The molecule has 0 spiro atoms. The molecule has 0 bridgehead atoms. The van der Waals surface area contributed by atoms with Gasteiger partial charge in [-0.3, -0.25) is 19.3 Å². The van der Waals surface area contributed by atoms with Crippen molar-refractivity contribution < 1.29 is 9.90 Å². The lowest BCUT2D eigenvalue weighted by Gasteiger charge is -2.36. The number of piperidine rings is 1. The Bertz CT molecular complexity index is 514. The quantitative estimate of drug-likeness (QED) is 0.887. The van der Waals surface area contributed by atoms with E-state index in [1.807, 2.05) is 31.1 Å². The van der Waals surface area contributed by atoms with Crippen molar-refractivity contribution in [3.63, 3.8) is 0 Å². The van der Waals surface area contributed by atoms with E-state index >= 15 is 0 Å².